The summed E-state index contributed by atoms with van der Waals surface area (Å²) in [5, 5.41) is 10.7. The van der Waals surface area contributed by atoms with Crippen molar-refractivity contribution in [2.75, 3.05) is 7.11 Å². The minimum absolute atomic E-state index is 0.663. The zero-order valence-corrected chi connectivity index (χ0v) is 13.4. The molecular weight excluding hydrogens is 351 g/mol. The van der Waals surface area contributed by atoms with Gasteiger partial charge in [0.15, 0.2) is 0 Å². The highest BCUT2D eigenvalue weighted by Gasteiger charge is 2.20. The number of hydrogen-bond acceptors (Lipinski definition) is 2. The van der Waals surface area contributed by atoms with Crippen LogP contribution >= 0.6 is 22.6 Å². The summed E-state index contributed by atoms with van der Waals surface area (Å²) >= 11 is 2.24. The Morgan fingerprint density at radius 1 is 1.16 bits per heavy atom. The monoisotopic (exact) mass is 368 g/mol. The molecule has 2 rings (SSSR count). The van der Waals surface area contributed by atoms with Gasteiger partial charge in [0.1, 0.15) is 11.9 Å². The first kappa shape index (κ1) is 14.3. The lowest BCUT2D eigenvalue weighted by Crippen LogP contribution is -2.06. The maximum atomic E-state index is 10.7. The van der Waals surface area contributed by atoms with Crippen molar-refractivity contribution in [2.24, 2.45) is 0 Å². The van der Waals surface area contributed by atoms with E-state index in [1.165, 1.54) is 0 Å². The second-order valence-electron chi connectivity index (χ2n) is 4.62. The zero-order chi connectivity index (χ0) is 14.0. The zero-order valence-electron chi connectivity index (χ0n) is 11.3. The molecule has 0 bridgehead atoms. The van der Waals surface area contributed by atoms with Crippen molar-refractivity contribution in [3.05, 3.63) is 62.2 Å². The van der Waals surface area contributed by atoms with Gasteiger partial charge in [-0.3, -0.25) is 0 Å². The van der Waals surface area contributed by atoms with E-state index in [4.69, 9.17) is 4.74 Å². The number of aliphatic hydroxyl groups is 1. The summed E-state index contributed by atoms with van der Waals surface area (Å²) in [6.07, 6.45) is -0.663. The largest absolute Gasteiger partial charge is 0.496 e. The molecule has 0 spiro atoms. The molecular formula is C16H17IO2. The van der Waals surface area contributed by atoms with E-state index in [1.54, 1.807) is 7.11 Å². The summed E-state index contributed by atoms with van der Waals surface area (Å²) in [6.45, 7) is 4.03. The van der Waals surface area contributed by atoms with Crippen LogP contribution in [-0.4, -0.2) is 12.2 Å². The SMILES string of the molecule is COc1cc(C)cc(C)c1C(O)c1ccccc1I. The van der Waals surface area contributed by atoms with Crippen molar-refractivity contribution in [2.45, 2.75) is 20.0 Å². The van der Waals surface area contributed by atoms with Gasteiger partial charge in [-0.2, -0.15) is 0 Å². The van der Waals surface area contributed by atoms with Gasteiger partial charge in [0.25, 0.3) is 0 Å². The maximum absolute atomic E-state index is 10.7. The topological polar surface area (TPSA) is 29.5 Å². The summed E-state index contributed by atoms with van der Waals surface area (Å²) in [5.74, 6) is 0.740. The van der Waals surface area contributed by atoms with Crippen LogP contribution in [0.25, 0.3) is 0 Å². The number of methoxy groups -OCH3 is 1. The Morgan fingerprint density at radius 2 is 1.84 bits per heavy atom. The summed E-state index contributed by atoms with van der Waals surface area (Å²) in [7, 11) is 1.64. The Bertz CT molecular complexity index is 593. The third-order valence-corrected chi connectivity index (χ3v) is 4.17. The Hall–Kier alpha value is -1.07. The summed E-state index contributed by atoms with van der Waals surface area (Å²) in [5.41, 5.74) is 3.93. The van der Waals surface area contributed by atoms with E-state index in [1.807, 2.05) is 44.2 Å². The third-order valence-electron chi connectivity index (χ3n) is 3.19. The van der Waals surface area contributed by atoms with Gasteiger partial charge in [-0.05, 0) is 65.3 Å². The normalized spacial score (nSPS) is 12.3. The Labute approximate surface area is 127 Å². The lowest BCUT2D eigenvalue weighted by molar-refractivity contribution is 0.213. The van der Waals surface area contributed by atoms with Crippen molar-refractivity contribution in [3.8, 4) is 5.75 Å². The molecule has 1 atom stereocenters. The molecule has 0 saturated heterocycles. The standard InChI is InChI=1S/C16H17IO2/c1-10-8-11(2)15(14(9-10)19-3)16(18)12-6-4-5-7-13(12)17/h4-9,16,18H,1-3H3. The summed E-state index contributed by atoms with van der Waals surface area (Å²) in [4.78, 5) is 0. The fraction of sp³-hybridized carbons (Fsp3) is 0.250. The molecule has 2 aromatic rings. The first-order valence-corrected chi connectivity index (χ1v) is 7.20. The van der Waals surface area contributed by atoms with Crippen LogP contribution in [-0.2, 0) is 0 Å². The van der Waals surface area contributed by atoms with Gasteiger partial charge >= 0.3 is 0 Å². The Kier molecular flexibility index (Phi) is 4.47. The number of aryl methyl sites for hydroxylation is 2. The number of aliphatic hydroxyl groups excluding tert-OH is 1. The molecule has 19 heavy (non-hydrogen) atoms. The number of halogens is 1. The second-order valence-corrected chi connectivity index (χ2v) is 5.78. The fourth-order valence-corrected chi connectivity index (χ4v) is 2.99. The molecule has 0 amide bonds. The van der Waals surface area contributed by atoms with Gasteiger partial charge in [-0.25, -0.2) is 0 Å². The summed E-state index contributed by atoms with van der Waals surface area (Å²) < 4.78 is 6.48. The van der Waals surface area contributed by atoms with E-state index in [2.05, 4.69) is 28.7 Å². The molecule has 100 valence electrons. The molecule has 3 heteroatoms. The van der Waals surface area contributed by atoms with E-state index in [0.29, 0.717) is 0 Å². The second kappa shape index (κ2) is 5.92. The van der Waals surface area contributed by atoms with Crippen molar-refractivity contribution in [1.29, 1.82) is 0 Å². The highest BCUT2D eigenvalue weighted by molar-refractivity contribution is 14.1. The van der Waals surface area contributed by atoms with Crippen molar-refractivity contribution in [3.63, 3.8) is 0 Å². The van der Waals surface area contributed by atoms with Crippen molar-refractivity contribution < 1.29 is 9.84 Å². The van der Waals surface area contributed by atoms with Crippen LogP contribution in [0.1, 0.15) is 28.4 Å². The van der Waals surface area contributed by atoms with Crippen LogP contribution in [0.15, 0.2) is 36.4 Å². The average molecular weight is 368 g/mol. The van der Waals surface area contributed by atoms with Gasteiger partial charge in [0.05, 0.1) is 7.11 Å². The van der Waals surface area contributed by atoms with Crippen LogP contribution in [0.3, 0.4) is 0 Å². The first-order valence-electron chi connectivity index (χ1n) is 6.12. The van der Waals surface area contributed by atoms with Crippen LogP contribution in [0.4, 0.5) is 0 Å². The lowest BCUT2D eigenvalue weighted by Gasteiger charge is -2.19. The predicted molar refractivity (Wildman–Crippen MR) is 85.7 cm³/mol. The minimum atomic E-state index is -0.663. The maximum Gasteiger partial charge on any atom is 0.125 e. The molecule has 0 aromatic heterocycles. The fourth-order valence-electron chi connectivity index (χ4n) is 2.31. The van der Waals surface area contributed by atoms with Gasteiger partial charge in [0, 0.05) is 9.13 Å². The molecule has 0 radical (unpaired) electrons. The minimum Gasteiger partial charge on any atom is -0.496 e. The van der Waals surface area contributed by atoms with Gasteiger partial charge < -0.3 is 9.84 Å². The molecule has 0 fully saturated rings. The number of benzene rings is 2. The van der Waals surface area contributed by atoms with Gasteiger partial charge in [0.2, 0.25) is 0 Å². The van der Waals surface area contributed by atoms with Crippen LogP contribution in [0, 0.1) is 17.4 Å². The van der Waals surface area contributed by atoms with Crippen molar-refractivity contribution >= 4 is 22.6 Å². The van der Waals surface area contributed by atoms with E-state index in [-0.39, 0.29) is 0 Å². The number of hydrogen-bond donors (Lipinski definition) is 1. The third kappa shape index (κ3) is 2.92. The highest BCUT2D eigenvalue weighted by Crippen LogP contribution is 2.35. The lowest BCUT2D eigenvalue weighted by atomic mass is 9.95. The molecule has 0 aliphatic rings. The van der Waals surface area contributed by atoms with Crippen LogP contribution in [0.2, 0.25) is 0 Å². The van der Waals surface area contributed by atoms with E-state index < -0.39 is 6.10 Å². The van der Waals surface area contributed by atoms with Crippen molar-refractivity contribution in [1.82, 2.24) is 0 Å². The predicted octanol–water partition coefficient (Wildman–Crippen LogP) is 4.00. The molecule has 2 aromatic carbocycles. The van der Waals surface area contributed by atoms with Gasteiger partial charge in [-0.15, -0.1) is 0 Å². The smallest absolute Gasteiger partial charge is 0.125 e. The Balaban J connectivity index is 2.56. The van der Waals surface area contributed by atoms with E-state index >= 15 is 0 Å². The molecule has 2 nitrogen and oxygen atoms in total. The van der Waals surface area contributed by atoms with Gasteiger partial charge in [-0.1, -0.05) is 24.3 Å². The molecule has 0 heterocycles. The molecule has 0 aliphatic carbocycles. The quantitative estimate of drug-likeness (QED) is 0.830. The first-order chi connectivity index (χ1) is 9.04. The Morgan fingerprint density at radius 3 is 2.47 bits per heavy atom. The average Bonchev–Trinajstić information content (AvgIpc) is 2.37. The molecule has 0 saturated carbocycles. The van der Waals surface area contributed by atoms with E-state index in [0.717, 1.165) is 31.6 Å². The van der Waals surface area contributed by atoms with Crippen LogP contribution < -0.4 is 4.74 Å². The number of ether oxygens (including phenoxy) is 1. The highest BCUT2D eigenvalue weighted by atomic mass is 127. The molecule has 1 N–H and O–H groups in total. The number of rotatable bonds is 3. The molecule has 0 aliphatic heterocycles. The van der Waals surface area contributed by atoms with E-state index in [9.17, 15) is 5.11 Å². The molecule has 1 unspecified atom stereocenters. The van der Waals surface area contributed by atoms with Crippen LogP contribution in [0.5, 0.6) is 5.75 Å². The summed E-state index contributed by atoms with van der Waals surface area (Å²) in [6, 6.07) is 11.9.